The summed E-state index contributed by atoms with van der Waals surface area (Å²) in [5, 5.41) is 0. The van der Waals surface area contributed by atoms with Gasteiger partial charge in [0.05, 0.1) is 0 Å². The summed E-state index contributed by atoms with van der Waals surface area (Å²) < 4.78 is 69.1. The van der Waals surface area contributed by atoms with E-state index in [1.165, 1.54) is 0 Å². The third-order valence-electron chi connectivity index (χ3n) is 0. The van der Waals surface area contributed by atoms with E-state index < -0.39 is 40.1 Å². The van der Waals surface area contributed by atoms with Gasteiger partial charge in [-0.15, -0.1) is 0 Å². The fourth-order valence-electron chi connectivity index (χ4n) is 0. The van der Waals surface area contributed by atoms with Crippen LogP contribution in [0.2, 0.25) is 0 Å². The Bertz CT molecular complexity index is 135. The quantitative estimate of drug-likeness (QED) is 0.217. The normalized spacial score (nSPS) is 6.94. The molecule has 0 rings (SSSR count). The fraction of sp³-hybridized carbons (Fsp3) is 0. The molecule has 80 valence electrons. The second-order valence-electron chi connectivity index (χ2n) is 0.894. The van der Waals surface area contributed by atoms with Crippen LogP contribution in [0.15, 0.2) is 0 Å². The molecule has 0 atom stereocenters. The molecule has 0 radical (unpaired) electrons. The van der Waals surface area contributed by atoms with E-state index in [2.05, 4.69) is 0 Å². The van der Waals surface area contributed by atoms with Crippen LogP contribution < -0.4 is 20.3 Å². The fourth-order valence-corrected chi connectivity index (χ4v) is 0. The molecule has 0 aromatic rings. The van der Waals surface area contributed by atoms with Crippen molar-refractivity contribution in [1.82, 2.24) is 0 Å². The Balaban J connectivity index is -0.00000000762. The molecule has 0 spiro atoms. The van der Waals surface area contributed by atoms with Gasteiger partial charge in [-0.2, -0.15) is 0 Å². The largest absolute Gasteiger partial charge is 2.00 e. The summed E-state index contributed by atoms with van der Waals surface area (Å²) in [5.74, 6) is 0. The third-order valence-corrected chi connectivity index (χ3v) is 0. The van der Waals surface area contributed by atoms with Crippen molar-refractivity contribution < 1.29 is 135 Å². The zero-order valence-electron chi connectivity index (χ0n) is 8.51. The summed E-state index contributed by atoms with van der Waals surface area (Å²) in [6, 6.07) is 0. The Hall–Kier alpha value is 4.03. The number of hydrogen-bond donors (Lipinski definition) is 0. The first-order valence-electron chi connectivity index (χ1n) is 1.46. The molecule has 0 unspecified atom stereocenters. The van der Waals surface area contributed by atoms with E-state index in [0.717, 1.165) is 0 Å². The second kappa shape index (κ2) is 28.2. The molecule has 0 fully saturated rings. The Morgan fingerprint density at radius 2 is 0.471 bits per heavy atom. The first-order chi connectivity index (χ1) is 4.00. The van der Waals surface area contributed by atoms with Crippen LogP contribution in [0.3, 0.4) is 0 Å². The maximum Gasteiger partial charge on any atom is 2.00 e. The van der Waals surface area contributed by atoms with Crippen LogP contribution in [0.4, 0.5) is 0 Å². The van der Waals surface area contributed by atoms with Crippen molar-refractivity contribution >= 4 is 40.1 Å². The predicted octanol–water partition coefficient (Wildman–Crippen LogP) is -8.38. The minimum Gasteiger partial charge on any atom is 2.00 e. The van der Waals surface area contributed by atoms with E-state index in [9.17, 15) is 0 Å². The van der Waals surface area contributed by atoms with Crippen molar-refractivity contribution in [2.24, 2.45) is 0 Å². The van der Waals surface area contributed by atoms with Crippen LogP contribution in [0.5, 0.6) is 0 Å². The monoisotopic (exact) mass is 721 g/mol. The van der Waals surface area contributed by atoms with Gasteiger partial charge in [0.2, 0.25) is 0 Å². The molecule has 17 heteroatoms. The standard InChI is InChI=1S/10O.2Sb.5Zn/q;;2*-2;6*-1;;;5*+2. The van der Waals surface area contributed by atoms with Crippen LogP contribution in [0.1, 0.15) is 0 Å². The summed E-state index contributed by atoms with van der Waals surface area (Å²) in [6.07, 6.45) is 0. The van der Waals surface area contributed by atoms with E-state index in [-0.39, 0.29) is 108 Å². The average molecular weight is 730 g/mol. The molecule has 0 saturated carbocycles. The van der Waals surface area contributed by atoms with Gasteiger partial charge in [-0.3, -0.25) is 0 Å². The van der Waals surface area contributed by atoms with Gasteiger partial charge in [-0.05, 0) is 0 Å². The van der Waals surface area contributed by atoms with Crippen molar-refractivity contribution in [3.8, 4) is 0 Å². The molecule has 0 heterocycles. The molecule has 17 heavy (non-hydrogen) atoms. The molecule has 0 amide bonds. The molecular formula is O10Sb2Zn5. The molecule has 10 nitrogen and oxygen atoms in total. The van der Waals surface area contributed by atoms with Crippen molar-refractivity contribution in [2.45, 2.75) is 0 Å². The maximum atomic E-state index is 8.64. The van der Waals surface area contributed by atoms with Crippen LogP contribution in [0, 0.1) is 0 Å². The number of rotatable bonds is 0. The van der Waals surface area contributed by atoms with Crippen molar-refractivity contribution in [2.75, 3.05) is 0 Å². The van der Waals surface area contributed by atoms with E-state index in [1.54, 1.807) is 0 Å². The Morgan fingerprint density at radius 3 is 0.471 bits per heavy atom. The molecule has 0 aliphatic heterocycles. The van der Waals surface area contributed by atoms with Gasteiger partial charge in [0.15, 0.2) is 0 Å². The van der Waals surface area contributed by atoms with Gasteiger partial charge in [0.25, 0.3) is 0 Å². The van der Waals surface area contributed by atoms with E-state index in [4.69, 9.17) is 26.3 Å². The van der Waals surface area contributed by atoms with Crippen LogP contribution >= 0.6 is 0 Å². The van der Waals surface area contributed by atoms with Crippen LogP contribution in [-0.2, 0) is 114 Å². The van der Waals surface area contributed by atoms with Gasteiger partial charge < -0.3 is 11.0 Å². The Morgan fingerprint density at radius 1 is 0.471 bits per heavy atom. The molecule has 0 aliphatic carbocycles. The van der Waals surface area contributed by atoms with Crippen molar-refractivity contribution in [1.29, 1.82) is 0 Å². The summed E-state index contributed by atoms with van der Waals surface area (Å²) >= 11 is -12.2. The molecule has 0 saturated heterocycles. The zero-order chi connectivity index (χ0) is 9.00. The van der Waals surface area contributed by atoms with Gasteiger partial charge in [-0.25, -0.2) is 0 Å². The van der Waals surface area contributed by atoms with E-state index >= 15 is 0 Å². The van der Waals surface area contributed by atoms with Gasteiger partial charge in [0, 0.05) is 0 Å². The molecule has 0 aromatic heterocycles. The van der Waals surface area contributed by atoms with Crippen molar-refractivity contribution in [3.05, 3.63) is 0 Å². The first kappa shape index (κ1) is 58.3. The molecule has 0 bridgehead atoms. The molecule has 0 aromatic carbocycles. The maximum absolute atomic E-state index is 8.64. The SMILES string of the molecule is [O-2].[O-2].[O]=[Sb]([O-])([O-])[O-].[O]=[Sb]([O-])([O-])[O-].[Zn+2].[Zn+2].[Zn+2].[Zn+2].[Zn+2]. The third kappa shape index (κ3) is 400. The minimum atomic E-state index is -6.10. The minimum absolute atomic E-state index is 0. The summed E-state index contributed by atoms with van der Waals surface area (Å²) in [4.78, 5) is 0. The van der Waals surface area contributed by atoms with Crippen LogP contribution in [0.25, 0.3) is 0 Å². The zero-order valence-corrected chi connectivity index (χ0v) is 28.5. The van der Waals surface area contributed by atoms with Gasteiger partial charge in [0.1, 0.15) is 0 Å². The van der Waals surface area contributed by atoms with Crippen LogP contribution in [-0.4, -0.2) is 40.1 Å². The smallest absolute Gasteiger partial charge is 2.00 e. The molecular weight excluding hydrogens is 730 g/mol. The molecule has 0 N–H and O–H groups in total. The summed E-state index contributed by atoms with van der Waals surface area (Å²) in [6.45, 7) is 0. The molecule has 0 aliphatic rings. The van der Waals surface area contributed by atoms with Crippen molar-refractivity contribution in [3.63, 3.8) is 0 Å². The Labute approximate surface area is 172 Å². The van der Waals surface area contributed by atoms with E-state index in [1.807, 2.05) is 0 Å². The topological polar surface area (TPSA) is 230 Å². The Kier molecular flexibility index (Phi) is 96.8. The second-order valence-corrected chi connectivity index (χ2v) is 6.00. The number of hydrogen-bond acceptors (Lipinski definition) is 8. The summed E-state index contributed by atoms with van der Waals surface area (Å²) in [7, 11) is 0. The average Bonchev–Trinajstić information content (AvgIpc) is 1.12. The van der Waals surface area contributed by atoms with E-state index in [0.29, 0.717) is 0 Å². The van der Waals surface area contributed by atoms with Gasteiger partial charge in [-0.1, -0.05) is 0 Å². The van der Waals surface area contributed by atoms with Gasteiger partial charge >= 0.3 is 164 Å². The summed E-state index contributed by atoms with van der Waals surface area (Å²) in [5.41, 5.74) is 0. The predicted molar refractivity (Wildman–Crippen MR) is 14.3 cm³/mol. The first-order valence-corrected chi connectivity index (χ1v) is 9.80.